The van der Waals surface area contributed by atoms with Crippen LogP contribution in [0.3, 0.4) is 0 Å². The Balaban J connectivity index is 1.70. The molecule has 0 saturated heterocycles. The van der Waals surface area contributed by atoms with Crippen LogP contribution >= 0.6 is 23.4 Å². The quantitative estimate of drug-likeness (QED) is 0.269. The number of hydrogen-bond donors (Lipinski definition) is 1. The molecule has 2 unspecified atom stereocenters. The number of nitrogens with two attached hydrogens (primary N) is 1. The summed E-state index contributed by atoms with van der Waals surface area (Å²) in [6.45, 7) is 4.40. The summed E-state index contributed by atoms with van der Waals surface area (Å²) in [6.07, 6.45) is 9.16. The SMILES string of the molecule is CCOC(=O)C(C=NCC[C@H]1S[C@H](C2C=CC=C(OC)C2OC)c2cc(Cl)ccc2-n2c(C)nnc21)=CN. The third kappa shape index (κ3) is 5.67. The number of methoxy groups -OCH3 is 2. The van der Waals surface area contributed by atoms with E-state index in [2.05, 4.69) is 25.8 Å². The standard InChI is InChI=1S/C27H32ClN5O4S/c1-5-37-27(34)17(14-29)15-30-12-11-23-26-32-31-16(2)33(26)21-10-9-18(28)13-20(21)25(38-23)19-7-6-8-22(35-3)24(19)36-4/h6-10,13-15,19,23-25H,5,11-12,29H2,1-4H3/t19?,23-,24?,25-/m1/s1. The summed E-state index contributed by atoms with van der Waals surface area (Å²) in [5.41, 5.74) is 7.88. The van der Waals surface area contributed by atoms with Gasteiger partial charge < -0.3 is 19.9 Å². The molecule has 2 heterocycles. The van der Waals surface area contributed by atoms with Crippen LogP contribution in [-0.2, 0) is 19.0 Å². The van der Waals surface area contributed by atoms with E-state index in [0.29, 0.717) is 18.0 Å². The van der Waals surface area contributed by atoms with Crippen LogP contribution in [0.4, 0.5) is 0 Å². The molecule has 11 heteroatoms. The number of allylic oxidation sites excluding steroid dienone is 2. The Bertz CT molecular complexity index is 1290. The molecule has 0 amide bonds. The van der Waals surface area contributed by atoms with Crippen LogP contribution in [-0.4, -0.2) is 60.4 Å². The molecule has 38 heavy (non-hydrogen) atoms. The Hall–Kier alpha value is -3.08. The number of aromatic nitrogens is 3. The Morgan fingerprint density at radius 2 is 2.13 bits per heavy atom. The lowest BCUT2D eigenvalue weighted by atomic mass is 9.88. The number of aryl methyl sites for hydroxylation is 1. The highest BCUT2D eigenvalue weighted by Gasteiger charge is 2.40. The normalized spacial score (nSPS) is 23.0. The number of aliphatic imine (C=N–C) groups is 1. The van der Waals surface area contributed by atoms with E-state index < -0.39 is 5.97 Å². The zero-order valence-electron chi connectivity index (χ0n) is 21.8. The maximum absolute atomic E-state index is 12.0. The summed E-state index contributed by atoms with van der Waals surface area (Å²) in [5, 5.41) is 9.53. The van der Waals surface area contributed by atoms with E-state index >= 15 is 0 Å². The van der Waals surface area contributed by atoms with Crippen LogP contribution in [0.2, 0.25) is 5.02 Å². The molecule has 0 fully saturated rings. The molecule has 4 atom stereocenters. The van der Waals surface area contributed by atoms with E-state index in [1.54, 1.807) is 32.9 Å². The van der Waals surface area contributed by atoms with Crippen molar-refractivity contribution in [2.75, 3.05) is 27.4 Å². The summed E-state index contributed by atoms with van der Waals surface area (Å²) in [6, 6.07) is 5.92. The fraction of sp³-hybridized carbons (Fsp3) is 0.407. The second kappa shape index (κ2) is 12.6. The zero-order valence-corrected chi connectivity index (χ0v) is 23.4. The van der Waals surface area contributed by atoms with Crippen molar-refractivity contribution in [1.82, 2.24) is 14.8 Å². The number of rotatable bonds is 9. The van der Waals surface area contributed by atoms with Crippen LogP contribution in [0.15, 0.2) is 59.0 Å². The smallest absolute Gasteiger partial charge is 0.341 e. The van der Waals surface area contributed by atoms with Gasteiger partial charge in [0.05, 0.1) is 30.2 Å². The van der Waals surface area contributed by atoms with E-state index in [1.807, 2.05) is 37.3 Å². The van der Waals surface area contributed by atoms with Gasteiger partial charge in [0.2, 0.25) is 0 Å². The number of hydrogen-bond acceptors (Lipinski definition) is 9. The maximum atomic E-state index is 12.0. The van der Waals surface area contributed by atoms with Gasteiger partial charge in [0.15, 0.2) is 5.82 Å². The minimum Gasteiger partial charge on any atom is -0.498 e. The van der Waals surface area contributed by atoms with Crippen LogP contribution in [0.1, 0.15) is 41.1 Å². The highest BCUT2D eigenvalue weighted by Crippen LogP contribution is 2.53. The molecule has 0 bridgehead atoms. The Kier molecular flexibility index (Phi) is 9.30. The molecule has 2 N–H and O–H groups in total. The average molecular weight is 558 g/mol. The number of carbonyl (C=O) groups excluding carboxylic acids is 1. The van der Waals surface area contributed by atoms with Crippen molar-refractivity contribution in [3.8, 4) is 5.69 Å². The molecule has 0 spiro atoms. The number of halogens is 1. The largest absolute Gasteiger partial charge is 0.498 e. The molecule has 202 valence electrons. The summed E-state index contributed by atoms with van der Waals surface area (Å²) < 4.78 is 18.7. The number of fused-ring (bicyclic) bond motifs is 3. The molecule has 0 radical (unpaired) electrons. The molecular formula is C27H32ClN5O4S. The predicted octanol–water partition coefficient (Wildman–Crippen LogP) is 4.66. The molecule has 0 saturated carbocycles. The molecule has 1 aliphatic heterocycles. The van der Waals surface area contributed by atoms with Crippen molar-refractivity contribution in [2.24, 2.45) is 16.6 Å². The summed E-state index contributed by atoms with van der Waals surface area (Å²) >= 11 is 8.30. The first-order valence-corrected chi connectivity index (χ1v) is 13.7. The molecule has 1 aromatic heterocycles. The topological polar surface area (TPSA) is 114 Å². The van der Waals surface area contributed by atoms with Crippen molar-refractivity contribution < 1.29 is 19.0 Å². The minimum absolute atomic E-state index is 0.0263. The van der Waals surface area contributed by atoms with Gasteiger partial charge in [-0.15, -0.1) is 22.0 Å². The van der Waals surface area contributed by atoms with Gasteiger partial charge in [-0.1, -0.05) is 23.8 Å². The van der Waals surface area contributed by atoms with Gasteiger partial charge in [-0.2, -0.15) is 0 Å². The highest BCUT2D eigenvalue weighted by molar-refractivity contribution is 7.99. The van der Waals surface area contributed by atoms with E-state index in [9.17, 15) is 4.79 Å². The van der Waals surface area contributed by atoms with Gasteiger partial charge in [-0.05, 0) is 50.1 Å². The molecule has 4 rings (SSSR count). The van der Waals surface area contributed by atoms with Crippen molar-refractivity contribution in [3.63, 3.8) is 0 Å². The van der Waals surface area contributed by atoms with E-state index in [0.717, 1.165) is 28.7 Å². The van der Waals surface area contributed by atoms with Gasteiger partial charge in [0.25, 0.3) is 0 Å². The van der Waals surface area contributed by atoms with Crippen molar-refractivity contribution in [2.45, 2.75) is 36.9 Å². The third-order valence-electron chi connectivity index (χ3n) is 6.49. The fourth-order valence-corrected chi connectivity index (χ4v) is 6.56. The van der Waals surface area contributed by atoms with Crippen molar-refractivity contribution in [3.05, 3.63) is 76.2 Å². The first kappa shape index (κ1) is 27.9. The molecular weight excluding hydrogens is 526 g/mol. The maximum Gasteiger partial charge on any atom is 0.341 e. The first-order chi connectivity index (χ1) is 18.4. The van der Waals surface area contributed by atoms with Crippen molar-refractivity contribution in [1.29, 1.82) is 0 Å². The van der Waals surface area contributed by atoms with E-state index in [4.69, 9.17) is 31.5 Å². The molecule has 1 aliphatic carbocycles. The van der Waals surface area contributed by atoms with Gasteiger partial charge in [-0.3, -0.25) is 9.56 Å². The highest BCUT2D eigenvalue weighted by atomic mass is 35.5. The predicted molar refractivity (Wildman–Crippen MR) is 150 cm³/mol. The molecule has 1 aromatic carbocycles. The molecule has 2 aliphatic rings. The van der Waals surface area contributed by atoms with Gasteiger partial charge in [0, 0.05) is 42.3 Å². The second-order valence-electron chi connectivity index (χ2n) is 8.75. The fourth-order valence-electron chi connectivity index (χ4n) is 4.76. The lowest BCUT2D eigenvalue weighted by molar-refractivity contribution is -0.137. The average Bonchev–Trinajstić information content (AvgIpc) is 3.24. The lowest BCUT2D eigenvalue weighted by Crippen LogP contribution is -2.30. The first-order valence-electron chi connectivity index (χ1n) is 12.3. The van der Waals surface area contributed by atoms with Crippen molar-refractivity contribution >= 4 is 35.5 Å². The Labute approximate surface area is 231 Å². The molecule has 2 aromatic rings. The zero-order chi connectivity index (χ0) is 27.2. The number of carbonyl (C=O) groups is 1. The van der Waals surface area contributed by atoms with Crippen LogP contribution in [0.5, 0.6) is 0 Å². The number of ether oxygens (including phenoxy) is 3. The van der Waals surface area contributed by atoms with Gasteiger partial charge >= 0.3 is 5.97 Å². The monoisotopic (exact) mass is 557 g/mol. The Morgan fingerprint density at radius 3 is 2.84 bits per heavy atom. The minimum atomic E-state index is -0.498. The third-order valence-corrected chi connectivity index (χ3v) is 8.36. The molecule has 9 nitrogen and oxygen atoms in total. The Morgan fingerprint density at radius 1 is 1.32 bits per heavy atom. The number of benzene rings is 1. The van der Waals surface area contributed by atoms with Crippen LogP contribution in [0, 0.1) is 12.8 Å². The number of thioether (sulfide) groups is 1. The summed E-state index contributed by atoms with van der Waals surface area (Å²) in [5.74, 6) is 1.87. The number of nitrogens with zero attached hydrogens (tertiary/aromatic N) is 4. The lowest BCUT2D eigenvalue weighted by Gasteiger charge is -2.34. The van der Waals surface area contributed by atoms with Gasteiger partial charge in [-0.25, -0.2) is 4.79 Å². The van der Waals surface area contributed by atoms with E-state index in [-0.39, 0.29) is 34.7 Å². The summed E-state index contributed by atoms with van der Waals surface area (Å²) in [4.78, 5) is 16.5. The van der Waals surface area contributed by atoms with Gasteiger partial charge in [0.1, 0.15) is 17.7 Å². The summed E-state index contributed by atoms with van der Waals surface area (Å²) in [7, 11) is 3.35. The van der Waals surface area contributed by atoms with Crippen LogP contribution in [0.25, 0.3) is 5.69 Å². The second-order valence-corrected chi connectivity index (χ2v) is 10.5. The number of esters is 1. The van der Waals surface area contributed by atoms with Crippen LogP contribution < -0.4 is 5.73 Å². The van der Waals surface area contributed by atoms with E-state index in [1.165, 1.54) is 12.4 Å².